The van der Waals surface area contributed by atoms with E-state index in [0.29, 0.717) is 17.8 Å². The van der Waals surface area contributed by atoms with Crippen molar-refractivity contribution in [2.24, 2.45) is 0 Å². The van der Waals surface area contributed by atoms with Gasteiger partial charge in [-0.25, -0.2) is 4.39 Å². The van der Waals surface area contributed by atoms with E-state index in [1.165, 1.54) is 12.1 Å². The van der Waals surface area contributed by atoms with E-state index >= 15 is 0 Å². The lowest BCUT2D eigenvalue weighted by atomic mass is 9.88. The van der Waals surface area contributed by atoms with Crippen LogP contribution in [0, 0.1) is 5.82 Å². The van der Waals surface area contributed by atoms with Crippen molar-refractivity contribution < 1.29 is 18.4 Å². The molecule has 26 heavy (non-hydrogen) atoms. The summed E-state index contributed by atoms with van der Waals surface area (Å²) in [6.45, 7) is 0.394. The number of amides is 2. The molecule has 1 saturated carbocycles. The molecule has 136 valence electrons. The predicted octanol–water partition coefficient (Wildman–Crippen LogP) is 3.82. The second kappa shape index (κ2) is 6.94. The second-order valence-electron chi connectivity index (χ2n) is 7.02. The number of rotatable bonds is 4. The van der Waals surface area contributed by atoms with E-state index in [-0.39, 0.29) is 24.3 Å². The number of nitrogens with zero attached hydrogens (tertiary/aromatic N) is 1. The van der Waals surface area contributed by atoms with E-state index in [2.05, 4.69) is 5.32 Å². The minimum atomic E-state index is -0.588. The van der Waals surface area contributed by atoms with E-state index in [0.717, 1.165) is 31.4 Å². The topological polar surface area (TPSA) is 62.6 Å². The molecule has 5 nitrogen and oxygen atoms in total. The van der Waals surface area contributed by atoms with E-state index in [1.807, 2.05) is 11.0 Å². The van der Waals surface area contributed by atoms with Gasteiger partial charge in [0.05, 0.1) is 18.7 Å². The molecule has 6 heteroatoms. The van der Waals surface area contributed by atoms with Crippen LogP contribution in [0.1, 0.15) is 49.3 Å². The molecule has 1 aliphatic carbocycles. The molecular weight excluding hydrogens is 335 g/mol. The summed E-state index contributed by atoms with van der Waals surface area (Å²) in [4.78, 5) is 27.4. The third kappa shape index (κ3) is 3.23. The normalized spacial score (nSPS) is 19.9. The molecule has 0 radical (unpaired) electrons. The summed E-state index contributed by atoms with van der Waals surface area (Å²) < 4.78 is 19.0. The fourth-order valence-electron chi connectivity index (χ4n) is 4.03. The Morgan fingerprint density at radius 3 is 2.81 bits per heavy atom. The highest BCUT2D eigenvalue weighted by Gasteiger charge is 2.37. The van der Waals surface area contributed by atoms with Gasteiger partial charge in [0.15, 0.2) is 0 Å². The first kappa shape index (κ1) is 16.8. The third-order valence-corrected chi connectivity index (χ3v) is 5.31. The average Bonchev–Trinajstić information content (AvgIpc) is 3.31. The zero-order chi connectivity index (χ0) is 18.1. The molecule has 1 aromatic heterocycles. The highest BCUT2D eigenvalue weighted by atomic mass is 19.1. The molecule has 1 aromatic carbocycles. The summed E-state index contributed by atoms with van der Waals surface area (Å²) in [7, 11) is 0. The lowest BCUT2D eigenvalue weighted by Gasteiger charge is -2.34. The first-order chi connectivity index (χ1) is 12.6. The lowest BCUT2D eigenvalue weighted by Crippen LogP contribution is -2.43. The van der Waals surface area contributed by atoms with E-state index in [4.69, 9.17) is 4.42 Å². The Labute approximate surface area is 151 Å². The smallest absolute Gasteiger partial charge is 0.231 e. The summed E-state index contributed by atoms with van der Waals surface area (Å²) in [5.74, 6) is -0.637. The van der Waals surface area contributed by atoms with Crippen LogP contribution in [0.2, 0.25) is 0 Å². The minimum Gasteiger partial charge on any atom is -0.467 e. The van der Waals surface area contributed by atoms with Gasteiger partial charge in [-0.2, -0.15) is 0 Å². The van der Waals surface area contributed by atoms with E-state index in [1.54, 1.807) is 18.4 Å². The van der Waals surface area contributed by atoms with Gasteiger partial charge < -0.3 is 14.6 Å². The Bertz CT molecular complexity index is 812. The maximum Gasteiger partial charge on any atom is 0.231 e. The SMILES string of the molecule is O=C1CC(C(=O)N(Cc2ccco2)C2CCCC2)c2ccc(F)cc2N1. The van der Waals surface area contributed by atoms with Crippen molar-refractivity contribution >= 4 is 17.5 Å². The first-order valence-corrected chi connectivity index (χ1v) is 9.04. The van der Waals surface area contributed by atoms with Crippen LogP contribution in [0.3, 0.4) is 0 Å². The highest BCUT2D eigenvalue weighted by molar-refractivity contribution is 6.01. The maximum absolute atomic E-state index is 13.5. The number of nitrogens with one attached hydrogen (secondary N) is 1. The summed E-state index contributed by atoms with van der Waals surface area (Å²) in [6, 6.07) is 8.03. The lowest BCUT2D eigenvalue weighted by molar-refractivity contribution is -0.138. The van der Waals surface area contributed by atoms with Crippen molar-refractivity contribution in [2.45, 2.75) is 50.6 Å². The molecule has 1 aliphatic heterocycles. The van der Waals surface area contributed by atoms with Crippen molar-refractivity contribution in [3.8, 4) is 0 Å². The Morgan fingerprint density at radius 2 is 2.08 bits per heavy atom. The number of carbonyl (C=O) groups is 2. The van der Waals surface area contributed by atoms with E-state index in [9.17, 15) is 14.0 Å². The number of hydrogen-bond donors (Lipinski definition) is 1. The van der Waals surface area contributed by atoms with Crippen LogP contribution in [-0.4, -0.2) is 22.8 Å². The van der Waals surface area contributed by atoms with Crippen LogP contribution < -0.4 is 5.32 Å². The molecule has 2 aromatic rings. The van der Waals surface area contributed by atoms with Crippen molar-refractivity contribution in [3.05, 3.63) is 53.7 Å². The zero-order valence-electron chi connectivity index (χ0n) is 14.4. The van der Waals surface area contributed by atoms with Crippen LogP contribution in [0.15, 0.2) is 41.0 Å². The van der Waals surface area contributed by atoms with Gasteiger partial charge in [0.2, 0.25) is 11.8 Å². The number of halogens is 1. The number of anilines is 1. The highest BCUT2D eigenvalue weighted by Crippen LogP contribution is 2.36. The molecule has 0 bridgehead atoms. The monoisotopic (exact) mass is 356 g/mol. The molecule has 0 spiro atoms. The van der Waals surface area contributed by atoms with E-state index < -0.39 is 11.7 Å². The van der Waals surface area contributed by atoms with Crippen molar-refractivity contribution in [3.63, 3.8) is 0 Å². The quantitative estimate of drug-likeness (QED) is 0.906. The number of furan rings is 1. The van der Waals surface area contributed by atoms with Crippen LogP contribution >= 0.6 is 0 Å². The average molecular weight is 356 g/mol. The molecule has 1 atom stereocenters. The Kier molecular flexibility index (Phi) is 4.49. The fourth-order valence-corrected chi connectivity index (χ4v) is 4.03. The van der Waals surface area contributed by atoms with Gasteiger partial charge in [-0.1, -0.05) is 18.9 Å². The van der Waals surface area contributed by atoms with Gasteiger partial charge in [-0.3, -0.25) is 9.59 Å². The summed E-state index contributed by atoms with van der Waals surface area (Å²) in [5, 5.41) is 2.67. The fraction of sp³-hybridized carbons (Fsp3) is 0.400. The summed E-state index contributed by atoms with van der Waals surface area (Å²) in [5.41, 5.74) is 1.07. The first-order valence-electron chi connectivity index (χ1n) is 9.04. The number of carbonyl (C=O) groups excluding carboxylic acids is 2. The molecule has 2 aliphatic rings. The maximum atomic E-state index is 13.5. The van der Waals surface area contributed by atoms with Crippen LogP contribution in [0.25, 0.3) is 0 Å². The predicted molar refractivity (Wildman–Crippen MR) is 93.9 cm³/mol. The minimum absolute atomic E-state index is 0.0822. The van der Waals surface area contributed by atoms with Crippen molar-refractivity contribution in [1.82, 2.24) is 4.90 Å². The zero-order valence-corrected chi connectivity index (χ0v) is 14.4. The largest absolute Gasteiger partial charge is 0.467 e. The number of fused-ring (bicyclic) bond motifs is 1. The molecule has 1 fully saturated rings. The molecule has 0 saturated heterocycles. The Balaban J connectivity index is 1.66. The van der Waals surface area contributed by atoms with Gasteiger partial charge in [0.1, 0.15) is 11.6 Å². The molecule has 1 N–H and O–H groups in total. The molecule has 2 heterocycles. The van der Waals surface area contributed by atoms with Gasteiger partial charge in [-0.15, -0.1) is 0 Å². The van der Waals surface area contributed by atoms with Gasteiger partial charge >= 0.3 is 0 Å². The second-order valence-corrected chi connectivity index (χ2v) is 7.02. The van der Waals surface area contributed by atoms with Gasteiger partial charge in [0.25, 0.3) is 0 Å². The Morgan fingerprint density at radius 1 is 1.27 bits per heavy atom. The van der Waals surface area contributed by atoms with Crippen molar-refractivity contribution in [2.75, 3.05) is 5.32 Å². The third-order valence-electron chi connectivity index (χ3n) is 5.31. The van der Waals surface area contributed by atoms with Gasteiger partial charge in [-0.05, 0) is 42.7 Å². The van der Waals surface area contributed by atoms with Gasteiger partial charge in [0, 0.05) is 18.2 Å². The molecule has 4 rings (SSSR count). The summed E-state index contributed by atoms with van der Waals surface area (Å²) in [6.07, 6.45) is 5.79. The number of benzene rings is 1. The Hall–Kier alpha value is -2.63. The molecule has 1 unspecified atom stereocenters. The standard InChI is InChI=1S/C20H21FN2O3/c21-13-7-8-16-17(11-19(24)22-18(16)10-13)20(25)23(14-4-1-2-5-14)12-15-6-3-9-26-15/h3,6-10,14,17H,1-2,4-5,11-12H2,(H,22,24). The number of hydrogen-bond acceptors (Lipinski definition) is 3. The molecular formula is C20H21FN2O3. The van der Waals surface area contributed by atoms with Crippen LogP contribution in [-0.2, 0) is 16.1 Å². The van der Waals surface area contributed by atoms with Crippen molar-refractivity contribution in [1.29, 1.82) is 0 Å². The van der Waals surface area contributed by atoms with Crippen LogP contribution in [0.4, 0.5) is 10.1 Å². The summed E-state index contributed by atoms with van der Waals surface area (Å²) >= 11 is 0. The van der Waals surface area contributed by atoms with Crippen LogP contribution in [0.5, 0.6) is 0 Å². The molecule has 2 amide bonds.